The quantitative estimate of drug-likeness (QED) is 0.918. The predicted molar refractivity (Wildman–Crippen MR) is 67.3 cm³/mol. The topological polar surface area (TPSA) is 63.4 Å². The van der Waals surface area contributed by atoms with Crippen LogP contribution in [-0.4, -0.2) is 25.2 Å². The van der Waals surface area contributed by atoms with Crippen LogP contribution in [0.1, 0.15) is 24.4 Å². The first kappa shape index (κ1) is 14.4. The molecule has 105 valence electrons. The average Bonchev–Trinajstić information content (AvgIpc) is 2.78. The molecule has 0 saturated carbocycles. The summed E-state index contributed by atoms with van der Waals surface area (Å²) in [4.78, 5) is 1.49. The van der Waals surface area contributed by atoms with Gasteiger partial charge in [-0.3, -0.25) is 4.90 Å². The highest BCUT2D eigenvalue weighted by molar-refractivity contribution is 7.89. The van der Waals surface area contributed by atoms with Crippen molar-refractivity contribution >= 4 is 10.0 Å². The fraction of sp³-hybridized carbons (Fsp3) is 0.417. The maximum Gasteiger partial charge on any atom is 0.225 e. The van der Waals surface area contributed by atoms with Gasteiger partial charge in [-0.05, 0) is 38.0 Å². The smallest absolute Gasteiger partial charge is 0.225 e. The summed E-state index contributed by atoms with van der Waals surface area (Å²) in [5.41, 5.74) is 0.148. The third-order valence-corrected chi connectivity index (χ3v) is 4.39. The fourth-order valence-corrected chi connectivity index (χ4v) is 3.06. The van der Waals surface area contributed by atoms with Gasteiger partial charge < -0.3 is 0 Å². The molecule has 1 unspecified atom stereocenters. The number of rotatable bonds is 3. The van der Waals surface area contributed by atoms with E-state index < -0.39 is 33.1 Å². The van der Waals surface area contributed by atoms with Gasteiger partial charge in [-0.1, -0.05) is 0 Å². The van der Waals surface area contributed by atoms with Crippen LogP contribution < -0.4 is 5.14 Å². The minimum atomic E-state index is -3.85. The Morgan fingerprint density at radius 2 is 2.11 bits per heavy atom. The number of nitrogens with two attached hydrogens (primary N) is 1. The molecule has 2 rings (SSSR count). The molecule has 1 aliphatic rings. The SMILES string of the molecule is [CH2]C(N1CCC[C@@H]1c1cc(F)ccc1F)S(N)(=O)=O. The zero-order valence-corrected chi connectivity index (χ0v) is 11.0. The third-order valence-electron chi connectivity index (χ3n) is 3.36. The van der Waals surface area contributed by atoms with E-state index in [1.165, 1.54) is 4.90 Å². The Bertz CT molecular complexity index is 577. The Kier molecular flexibility index (Phi) is 3.89. The van der Waals surface area contributed by atoms with Gasteiger partial charge in [-0.15, -0.1) is 0 Å². The number of halogens is 2. The number of sulfonamides is 1. The van der Waals surface area contributed by atoms with Crippen molar-refractivity contribution in [2.45, 2.75) is 24.3 Å². The fourth-order valence-electron chi connectivity index (χ4n) is 2.43. The molecule has 2 atom stereocenters. The summed E-state index contributed by atoms with van der Waals surface area (Å²) < 4.78 is 49.7. The standard InChI is InChI=1S/C12H15F2N2O2S/c1-8(19(15,17)18)16-6-2-3-12(16)10-7-9(13)4-5-11(10)14/h4-5,7-8,12H,1-3,6H2,(H2,15,17,18)/t8?,12-/m1/s1. The molecule has 1 heterocycles. The molecule has 7 heteroatoms. The molecule has 0 aromatic heterocycles. The third kappa shape index (κ3) is 2.93. The van der Waals surface area contributed by atoms with Crippen LogP contribution in [0.25, 0.3) is 0 Å². The van der Waals surface area contributed by atoms with E-state index in [0.29, 0.717) is 19.4 Å². The van der Waals surface area contributed by atoms with E-state index in [1.807, 2.05) is 0 Å². The predicted octanol–water partition coefficient (Wildman–Crippen LogP) is 1.55. The van der Waals surface area contributed by atoms with Gasteiger partial charge in [0.25, 0.3) is 0 Å². The number of primary sulfonamides is 1. The number of hydrogen-bond acceptors (Lipinski definition) is 3. The summed E-state index contributed by atoms with van der Waals surface area (Å²) in [5, 5.41) is 3.90. The maximum atomic E-state index is 13.8. The summed E-state index contributed by atoms with van der Waals surface area (Å²) in [6.45, 7) is 3.95. The van der Waals surface area contributed by atoms with Crippen molar-refractivity contribution in [3.05, 3.63) is 42.3 Å². The van der Waals surface area contributed by atoms with E-state index >= 15 is 0 Å². The molecule has 0 bridgehead atoms. The van der Waals surface area contributed by atoms with Crippen molar-refractivity contribution in [3.63, 3.8) is 0 Å². The van der Waals surface area contributed by atoms with Crippen molar-refractivity contribution in [1.29, 1.82) is 0 Å². The molecule has 1 aromatic rings. The largest absolute Gasteiger partial charge is 0.279 e. The first-order chi connectivity index (χ1) is 8.80. The molecule has 2 N–H and O–H groups in total. The Balaban J connectivity index is 2.36. The summed E-state index contributed by atoms with van der Waals surface area (Å²) in [5.74, 6) is -1.11. The molecule has 0 amide bonds. The molecule has 0 spiro atoms. The van der Waals surface area contributed by atoms with E-state index in [-0.39, 0.29) is 5.56 Å². The zero-order chi connectivity index (χ0) is 14.2. The van der Waals surface area contributed by atoms with Crippen molar-refractivity contribution in [2.24, 2.45) is 5.14 Å². The minimum absolute atomic E-state index is 0.148. The highest BCUT2D eigenvalue weighted by Gasteiger charge is 2.35. The molecule has 1 aromatic carbocycles. The van der Waals surface area contributed by atoms with Gasteiger partial charge in [-0.2, -0.15) is 0 Å². The average molecular weight is 289 g/mol. The molecule has 1 saturated heterocycles. The van der Waals surface area contributed by atoms with Gasteiger partial charge >= 0.3 is 0 Å². The Hall–Kier alpha value is -1.05. The summed E-state index contributed by atoms with van der Waals surface area (Å²) >= 11 is 0. The van der Waals surface area contributed by atoms with E-state index in [9.17, 15) is 17.2 Å². The zero-order valence-electron chi connectivity index (χ0n) is 10.2. The Labute approximate surface area is 111 Å². The van der Waals surface area contributed by atoms with Gasteiger partial charge in [0, 0.05) is 18.2 Å². The molecule has 0 aliphatic carbocycles. The van der Waals surface area contributed by atoms with Crippen molar-refractivity contribution < 1.29 is 17.2 Å². The van der Waals surface area contributed by atoms with Gasteiger partial charge in [0.2, 0.25) is 10.0 Å². The molecule has 19 heavy (non-hydrogen) atoms. The van der Waals surface area contributed by atoms with Gasteiger partial charge in [-0.25, -0.2) is 22.3 Å². The van der Waals surface area contributed by atoms with E-state index in [1.54, 1.807) is 0 Å². The lowest BCUT2D eigenvalue weighted by molar-refractivity contribution is 0.250. The number of nitrogens with zero attached hydrogens (tertiary/aromatic N) is 1. The van der Waals surface area contributed by atoms with Crippen LogP contribution in [0.2, 0.25) is 0 Å². The Morgan fingerprint density at radius 1 is 1.42 bits per heavy atom. The van der Waals surface area contributed by atoms with Crippen LogP contribution in [0.4, 0.5) is 8.78 Å². The lowest BCUT2D eigenvalue weighted by Crippen LogP contribution is -2.42. The summed E-state index contributed by atoms with van der Waals surface area (Å²) in [6, 6.07) is 2.64. The lowest BCUT2D eigenvalue weighted by atomic mass is 10.0. The first-order valence-corrected chi connectivity index (χ1v) is 7.47. The molecule has 1 radical (unpaired) electrons. The van der Waals surface area contributed by atoms with Gasteiger partial charge in [0.1, 0.15) is 17.0 Å². The van der Waals surface area contributed by atoms with Crippen LogP contribution in [0.3, 0.4) is 0 Å². The molecule has 4 nitrogen and oxygen atoms in total. The first-order valence-electron chi connectivity index (χ1n) is 5.86. The van der Waals surface area contributed by atoms with Crippen molar-refractivity contribution in [3.8, 4) is 0 Å². The number of hydrogen-bond donors (Lipinski definition) is 1. The van der Waals surface area contributed by atoms with E-state index in [0.717, 1.165) is 18.2 Å². The minimum Gasteiger partial charge on any atom is -0.279 e. The number of benzene rings is 1. The molecular formula is C12H15F2N2O2S. The second-order valence-corrected chi connectivity index (χ2v) is 6.33. The molecule has 1 aliphatic heterocycles. The van der Waals surface area contributed by atoms with Crippen LogP contribution in [0, 0.1) is 18.6 Å². The normalized spacial score (nSPS) is 22.6. The second kappa shape index (κ2) is 5.15. The summed E-state index contributed by atoms with van der Waals surface area (Å²) in [6.07, 6.45) is 1.23. The van der Waals surface area contributed by atoms with Crippen LogP contribution in [-0.2, 0) is 10.0 Å². The van der Waals surface area contributed by atoms with Gasteiger partial charge in [0.15, 0.2) is 0 Å². The van der Waals surface area contributed by atoms with Crippen LogP contribution in [0.5, 0.6) is 0 Å². The highest BCUT2D eigenvalue weighted by Crippen LogP contribution is 2.35. The lowest BCUT2D eigenvalue weighted by Gasteiger charge is -2.29. The van der Waals surface area contributed by atoms with E-state index in [4.69, 9.17) is 5.14 Å². The summed E-state index contributed by atoms with van der Waals surface area (Å²) in [7, 11) is -3.85. The van der Waals surface area contributed by atoms with Crippen LogP contribution >= 0.6 is 0 Å². The van der Waals surface area contributed by atoms with Crippen molar-refractivity contribution in [2.75, 3.05) is 6.54 Å². The maximum absolute atomic E-state index is 13.8. The monoisotopic (exact) mass is 289 g/mol. The highest BCUT2D eigenvalue weighted by atomic mass is 32.2. The van der Waals surface area contributed by atoms with Crippen molar-refractivity contribution in [1.82, 2.24) is 4.90 Å². The number of likely N-dealkylation sites (tertiary alicyclic amines) is 1. The van der Waals surface area contributed by atoms with Crippen LogP contribution in [0.15, 0.2) is 18.2 Å². The molecule has 1 fully saturated rings. The Morgan fingerprint density at radius 3 is 2.74 bits per heavy atom. The van der Waals surface area contributed by atoms with Gasteiger partial charge in [0.05, 0.1) is 0 Å². The molecular weight excluding hydrogens is 274 g/mol. The second-order valence-electron chi connectivity index (χ2n) is 4.61. The van der Waals surface area contributed by atoms with E-state index in [2.05, 4.69) is 6.92 Å².